The van der Waals surface area contributed by atoms with Crippen LogP contribution in [0.4, 0.5) is 0 Å². The van der Waals surface area contributed by atoms with Crippen molar-refractivity contribution in [2.24, 2.45) is 0 Å². The topological polar surface area (TPSA) is 12.0 Å². The van der Waals surface area contributed by atoms with E-state index in [-0.39, 0.29) is 0 Å². The first-order chi connectivity index (χ1) is 7.09. The molecule has 1 aromatic carbocycles. The molecule has 1 nitrogen and oxygen atoms in total. The zero-order valence-corrected chi connectivity index (χ0v) is 11.5. The summed E-state index contributed by atoms with van der Waals surface area (Å²) in [6.45, 7) is 5.36. The first-order valence-corrected chi connectivity index (χ1v) is 6.44. The van der Waals surface area contributed by atoms with E-state index in [0.717, 1.165) is 28.9 Å². The van der Waals surface area contributed by atoms with Crippen LogP contribution in [0.15, 0.2) is 22.7 Å². The Hall–Kier alpha value is -0.0500. The number of nitrogens with one attached hydrogen (secondary N) is 1. The molecule has 84 valence electrons. The summed E-state index contributed by atoms with van der Waals surface area (Å²) in [7, 11) is 0. The first-order valence-electron chi connectivity index (χ1n) is 5.27. The van der Waals surface area contributed by atoms with Crippen LogP contribution in [-0.4, -0.2) is 12.6 Å². The van der Waals surface area contributed by atoms with Crippen LogP contribution >= 0.6 is 27.5 Å². The molecular formula is C12H17BrClN. The molecule has 0 spiro atoms. The van der Waals surface area contributed by atoms with Gasteiger partial charge in [-0.1, -0.05) is 47.4 Å². The standard InChI is InChI=1S/C12H17BrClN/c1-9(2)15-7-3-4-10-5-6-11(13)8-12(10)14/h5-6,8-9,15H,3-4,7H2,1-2H3. The van der Waals surface area contributed by atoms with Crippen LogP contribution in [0.2, 0.25) is 5.02 Å². The van der Waals surface area contributed by atoms with Gasteiger partial charge in [0, 0.05) is 15.5 Å². The van der Waals surface area contributed by atoms with Gasteiger partial charge in [0.2, 0.25) is 0 Å². The van der Waals surface area contributed by atoms with E-state index in [1.807, 2.05) is 12.1 Å². The molecule has 0 aliphatic carbocycles. The van der Waals surface area contributed by atoms with Crippen LogP contribution in [-0.2, 0) is 6.42 Å². The summed E-state index contributed by atoms with van der Waals surface area (Å²) < 4.78 is 1.04. The molecule has 1 aromatic rings. The van der Waals surface area contributed by atoms with Crippen molar-refractivity contribution in [3.05, 3.63) is 33.3 Å². The van der Waals surface area contributed by atoms with Crippen LogP contribution in [0.5, 0.6) is 0 Å². The van der Waals surface area contributed by atoms with Gasteiger partial charge in [-0.15, -0.1) is 0 Å². The lowest BCUT2D eigenvalue weighted by molar-refractivity contribution is 0.570. The molecule has 0 saturated carbocycles. The fraction of sp³-hybridized carbons (Fsp3) is 0.500. The predicted molar refractivity (Wildman–Crippen MR) is 70.6 cm³/mol. The Labute approximate surface area is 105 Å². The molecule has 0 aromatic heterocycles. The molecule has 1 rings (SSSR count). The summed E-state index contributed by atoms with van der Waals surface area (Å²) in [6.07, 6.45) is 2.16. The predicted octanol–water partition coefficient (Wildman–Crippen LogP) is 4.03. The van der Waals surface area contributed by atoms with E-state index in [0.29, 0.717) is 6.04 Å². The third-order valence-corrected chi connectivity index (χ3v) is 3.04. The van der Waals surface area contributed by atoms with Gasteiger partial charge < -0.3 is 5.32 Å². The SMILES string of the molecule is CC(C)NCCCc1ccc(Br)cc1Cl. The minimum atomic E-state index is 0.561. The lowest BCUT2D eigenvalue weighted by atomic mass is 10.1. The van der Waals surface area contributed by atoms with Gasteiger partial charge in [-0.2, -0.15) is 0 Å². The second-order valence-electron chi connectivity index (χ2n) is 3.95. The molecule has 0 radical (unpaired) electrons. The molecule has 0 amide bonds. The fourth-order valence-electron chi connectivity index (χ4n) is 1.39. The third kappa shape index (κ3) is 5.01. The van der Waals surface area contributed by atoms with E-state index in [9.17, 15) is 0 Å². The van der Waals surface area contributed by atoms with Gasteiger partial charge in [0.05, 0.1) is 0 Å². The minimum absolute atomic E-state index is 0.561. The summed E-state index contributed by atoms with van der Waals surface area (Å²) in [6, 6.07) is 6.64. The normalized spacial score (nSPS) is 11.0. The fourth-order valence-corrected chi connectivity index (χ4v) is 2.16. The molecule has 0 atom stereocenters. The molecule has 0 aliphatic rings. The molecule has 0 aliphatic heterocycles. The summed E-state index contributed by atoms with van der Waals surface area (Å²) in [5.41, 5.74) is 1.23. The molecule has 1 N–H and O–H groups in total. The molecule has 0 heterocycles. The first kappa shape index (κ1) is 13.0. The second kappa shape index (κ2) is 6.51. The molecule has 0 unspecified atom stereocenters. The van der Waals surface area contributed by atoms with Gasteiger partial charge in [0.1, 0.15) is 0 Å². The van der Waals surface area contributed by atoms with Gasteiger partial charge in [-0.3, -0.25) is 0 Å². The van der Waals surface area contributed by atoms with E-state index in [4.69, 9.17) is 11.6 Å². The Kier molecular flexibility index (Phi) is 5.65. The molecule has 0 saturated heterocycles. The molecular weight excluding hydrogens is 273 g/mol. The zero-order valence-electron chi connectivity index (χ0n) is 9.19. The summed E-state index contributed by atoms with van der Waals surface area (Å²) in [4.78, 5) is 0. The van der Waals surface area contributed by atoms with Crippen molar-refractivity contribution in [2.45, 2.75) is 32.7 Å². The van der Waals surface area contributed by atoms with Crippen LogP contribution < -0.4 is 5.32 Å². The highest BCUT2D eigenvalue weighted by Crippen LogP contribution is 2.22. The number of hydrogen-bond acceptors (Lipinski definition) is 1. The van der Waals surface area contributed by atoms with Crippen molar-refractivity contribution in [3.63, 3.8) is 0 Å². The van der Waals surface area contributed by atoms with Gasteiger partial charge in [-0.05, 0) is 37.1 Å². The Morgan fingerprint density at radius 2 is 2.13 bits per heavy atom. The van der Waals surface area contributed by atoms with Crippen molar-refractivity contribution < 1.29 is 0 Å². The van der Waals surface area contributed by atoms with Crippen molar-refractivity contribution in [1.82, 2.24) is 5.32 Å². The summed E-state index contributed by atoms with van der Waals surface area (Å²) in [5.74, 6) is 0. The molecule has 3 heteroatoms. The molecule has 0 bridgehead atoms. The number of benzene rings is 1. The van der Waals surface area contributed by atoms with Gasteiger partial charge >= 0.3 is 0 Å². The smallest absolute Gasteiger partial charge is 0.0449 e. The van der Waals surface area contributed by atoms with E-state index in [2.05, 4.69) is 41.2 Å². The Morgan fingerprint density at radius 1 is 1.40 bits per heavy atom. The number of rotatable bonds is 5. The van der Waals surface area contributed by atoms with Crippen molar-refractivity contribution >= 4 is 27.5 Å². The van der Waals surface area contributed by atoms with Crippen molar-refractivity contribution in [1.29, 1.82) is 0 Å². The Balaban J connectivity index is 2.37. The second-order valence-corrected chi connectivity index (χ2v) is 5.27. The van der Waals surface area contributed by atoms with Crippen LogP contribution in [0, 0.1) is 0 Å². The van der Waals surface area contributed by atoms with Crippen LogP contribution in [0.25, 0.3) is 0 Å². The third-order valence-electron chi connectivity index (χ3n) is 2.19. The van der Waals surface area contributed by atoms with E-state index in [1.165, 1.54) is 5.56 Å². The average molecular weight is 291 g/mol. The molecule has 0 fully saturated rings. The van der Waals surface area contributed by atoms with Gasteiger partial charge in [0.15, 0.2) is 0 Å². The maximum atomic E-state index is 6.12. The number of hydrogen-bond donors (Lipinski definition) is 1. The highest BCUT2D eigenvalue weighted by atomic mass is 79.9. The summed E-state index contributed by atoms with van der Waals surface area (Å²) in [5, 5.41) is 4.25. The van der Waals surface area contributed by atoms with Crippen LogP contribution in [0.3, 0.4) is 0 Å². The van der Waals surface area contributed by atoms with Crippen molar-refractivity contribution in [3.8, 4) is 0 Å². The van der Waals surface area contributed by atoms with E-state index >= 15 is 0 Å². The monoisotopic (exact) mass is 289 g/mol. The van der Waals surface area contributed by atoms with Gasteiger partial charge in [0.25, 0.3) is 0 Å². The summed E-state index contributed by atoms with van der Waals surface area (Å²) >= 11 is 9.52. The lowest BCUT2D eigenvalue weighted by Crippen LogP contribution is -2.23. The highest BCUT2D eigenvalue weighted by Gasteiger charge is 2.00. The Morgan fingerprint density at radius 3 is 2.73 bits per heavy atom. The van der Waals surface area contributed by atoms with E-state index < -0.39 is 0 Å². The van der Waals surface area contributed by atoms with Crippen molar-refractivity contribution in [2.75, 3.05) is 6.54 Å². The Bertz CT molecular complexity index is 312. The zero-order chi connectivity index (χ0) is 11.3. The largest absolute Gasteiger partial charge is 0.315 e. The highest BCUT2D eigenvalue weighted by molar-refractivity contribution is 9.10. The average Bonchev–Trinajstić information content (AvgIpc) is 2.14. The maximum absolute atomic E-state index is 6.12. The number of halogens is 2. The van der Waals surface area contributed by atoms with Crippen LogP contribution in [0.1, 0.15) is 25.8 Å². The van der Waals surface area contributed by atoms with E-state index in [1.54, 1.807) is 0 Å². The minimum Gasteiger partial charge on any atom is -0.315 e. The maximum Gasteiger partial charge on any atom is 0.0449 e. The van der Waals surface area contributed by atoms with Gasteiger partial charge in [-0.25, -0.2) is 0 Å². The number of aryl methyl sites for hydroxylation is 1. The lowest BCUT2D eigenvalue weighted by Gasteiger charge is -2.08. The quantitative estimate of drug-likeness (QED) is 0.807. The molecule has 15 heavy (non-hydrogen) atoms.